The lowest BCUT2D eigenvalue weighted by Gasteiger charge is -2.07. The minimum absolute atomic E-state index is 0.0941. The smallest absolute Gasteiger partial charge is 0.243 e. The van der Waals surface area contributed by atoms with E-state index in [9.17, 15) is 14.0 Å². The van der Waals surface area contributed by atoms with Crippen LogP contribution in [0.4, 0.5) is 10.1 Å². The largest absolute Gasteiger partial charge is 0.347 e. The van der Waals surface area contributed by atoms with Gasteiger partial charge < -0.3 is 10.6 Å². The Bertz CT molecular complexity index is 449. The minimum Gasteiger partial charge on any atom is -0.347 e. The number of carbonyl (C=O) groups is 2. The quantitative estimate of drug-likeness (QED) is 0.719. The highest BCUT2D eigenvalue weighted by atomic mass is 19.1. The summed E-state index contributed by atoms with van der Waals surface area (Å²) in [5, 5.41) is 5.07. The fraction of sp³-hybridized carbons (Fsp3) is 0.467. The van der Waals surface area contributed by atoms with Crippen molar-refractivity contribution in [2.24, 2.45) is 0 Å². The molecule has 0 aromatic heterocycles. The molecule has 0 saturated heterocycles. The average Bonchev–Trinajstić information content (AvgIpc) is 2.41. The summed E-state index contributed by atoms with van der Waals surface area (Å²) in [7, 11) is 0. The van der Waals surface area contributed by atoms with Gasteiger partial charge in [-0.3, -0.25) is 9.59 Å². The van der Waals surface area contributed by atoms with Crippen molar-refractivity contribution >= 4 is 17.5 Å². The van der Waals surface area contributed by atoms with E-state index in [0.29, 0.717) is 12.1 Å². The van der Waals surface area contributed by atoms with Gasteiger partial charge in [-0.2, -0.15) is 0 Å². The zero-order valence-electron chi connectivity index (χ0n) is 11.7. The van der Waals surface area contributed by atoms with Crippen molar-refractivity contribution in [3.63, 3.8) is 0 Å². The van der Waals surface area contributed by atoms with Crippen molar-refractivity contribution < 1.29 is 14.0 Å². The van der Waals surface area contributed by atoms with Crippen molar-refractivity contribution in [2.75, 3.05) is 11.9 Å². The van der Waals surface area contributed by atoms with Gasteiger partial charge in [0.05, 0.1) is 6.54 Å². The van der Waals surface area contributed by atoms with E-state index < -0.39 is 5.82 Å². The number of benzene rings is 1. The maximum atomic E-state index is 12.9. The molecule has 0 aliphatic heterocycles. The number of hydrogen-bond acceptors (Lipinski definition) is 2. The van der Waals surface area contributed by atoms with E-state index in [1.54, 1.807) is 6.07 Å². The van der Waals surface area contributed by atoms with Crippen LogP contribution in [0.2, 0.25) is 0 Å². The number of nitrogens with one attached hydrogen (secondary N) is 2. The van der Waals surface area contributed by atoms with Gasteiger partial charge in [0.2, 0.25) is 11.8 Å². The van der Waals surface area contributed by atoms with Crippen molar-refractivity contribution in [1.82, 2.24) is 5.32 Å². The summed E-state index contributed by atoms with van der Waals surface area (Å²) in [5.74, 6) is -0.907. The van der Waals surface area contributed by atoms with Crippen LogP contribution in [0, 0.1) is 5.82 Å². The molecule has 2 N–H and O–H groups in total. The maximum absolute atomic E-state index is 12.9. The lowest BCUT2D eigenvalue weighted by molar-refractivity contribution is -0.124. The zero-order valence-corrected chi connectivity index (χ0v) is 11.7. The minimum atomic E-state index is -0.414. The normalized spacial score (nSPS) is 10.1. The van der Waals surface area contributed by atoms with Crippen LogP contribution in [0.3, 0.4) is 0 Å². The molecule has 0 spiro atoms. The lowest BCUT2D eigenvalue weighted by atomic mass is 10.1. The second-order valence-corrected chi connectivity index (χ2v) is 4.65. The van der Waals surface area contributed by atoms with Crippen molar-refractivity contribution in [1.29, 1.82) is 0 Å². The summed E-state index contributed by atoms with van der Waals surface area (Å²) >= 11 is 0. The number of unbranched alkanes of at least 4 members (excludes halogenated alkanes) is 3. The summed E-state index contributed by atoms with van der Waals surface area (Å²) < 4.78 is 12.9. The van der Waals surface area contributed by atoms with Crippen LogP contribution in [-0.4, -0.2) is 18.4 Å². The number of carbonyl (C=O) groups excluding carboxylic acids is 2. The third-order valence-electron chi connectivity index (χ3n) is 2.81. The molecule has 4 nitrogen and oxygen atoms in total. The van der Waals surface area contributed by atoms with Crippen LogP contribution in [-0.2, 0) is 9.59 Å². The molecule has 0 saturated carbocycles. The molecule has 2 amide bonds. The molecule has 1 aromatic carbocycles. The fourth-order valence-electron chi connectivity index (χ4n) is 1.75. The van der Waals surface area contributed by atoms with Crippen LogP contribution >= 0.6 is 0 Å². The van der Waals surface area contributed by atoms with E-state index in [1.165, 1.54) is 18.2 Å². The van der Waals surface area contributed by atoms with Gasteiger partial charge in [0.15, 0.2) is 0 Å². The Balaban J connectivity index is 2.21. The van der Waals surface area contributed by atoms with Crippen LogP contribution in [0.25, 0.3) is 0 Å². The molecule has 110 valence electrons. The number of rotatable bonds is 8. The van der Waals surface area contributed by atoms with E-state index in [2.05, 4.69) is 17.6 Å². The van der Waals surface area contributed by atoms with Crippen LogP contribution in [0.5, 0.6) is 0 Å². The first kappa shape index (κ1) is 16.1. The second-order valence-electron chi connectivity index (χ2n) is 4.65. The van der Waals surface area contributed by atoms with Gasteiger partial charge in [-0.1, -0.05) is 32.3 Å². The van der Waals surface area contributed by atoms with Crippen molar-refractivity contribution in [3.05, 3.63) is 30.1 Å². The Morgan fingerprint density at radius 2 is 1.95 bits per heavy atom. The lowest BCUT2D eigenvalue weighted by Crippen LogP contribution is -2.32. The summed E-state index contributed by atoms with van der Waals surface area (Å²) in [4.78, 5) is 23.0. The van der Waals surface area contributed by atoms with Gasteiger partial charge in [0.25, 0.3) is 0 Å². The van der Waals surface area contributed by atoms with Gasteiger partial charge in [-0.25, -0.2) is 4.39 Å². The SMILES string of the molecule is CCCCCCC(=O)NCC(=O)Nc1cccc(F)c1. The summed E-state index contributed by atoms with van der Waals surface area (Å²) in [5.41, 5.74) is 0.382. The molecule has 0 radical (unpaired) electrons. The third kappa shape index (κ3) is 6.87. The van der Waals surface area contributed by atoms with E-state index in [4.69, 9.17) is 0 Å². The highest BCUT2D eigenvalue weighted by Crippen LogP contribution is 2.08. The monoisotopic (exact) mass is 280 g/mol. The Kier molecular flexibility index (Phi) is 7.32. The predicted octanol–water partition coefficient (Wildman–Crippen LogP) is 2.85. The molecule has 20 heavy (non-hydrogen) atoms. The predicted molar refractivity (Wildman–Crippen MR) is 76.8 cm³/mol. The van der Waals surface area contributed by atoms with Crippen LogP contribution in [0.15, 0.2) is 24.3 Å². The van der Waals surface area contributed by atoms with E-state index in [-0.39, 0.29) is 18.4 Å². The topological polar surface area (TPSA) is 58.2 Å². The molecule has 0 bridgehead atoms. The Morgan fingerprint density at radius 1 is 1.15 bits per heavy atom. The second kappa shape index (κ2) is 9.07. The summed E-state index contributed by atoms with van der Waals surface area (Å²) in [6.07, 6.45) is 4.54. The molecule has 5 heteroatoms. The molecule has 0 atom stereocenters. The molecule has 0 aliphatic rings. The number of hydrogen-bond donors (Lipinski definition) is 2. The summed E-state index contributed by atoms with van der Waals surface area (Å²) in [6, 6.07) is 5.63. The fourth-order valence-corrected chi connectivity index (χ4v) is 1.75. The molecular formula is C15H21FN2O2. The standard InChI is InChI=1S/C15H21FN2O2/c1-2-3-4-5-9-14(19)17-11-15(20)18-13-8-6-7-12(16)10-13/h6-8,10H,2-5,9,11H2,1H3,(H,17,19)(H,18,20). The highest BCUT2D eigenvalue weighted by Gasteiger charge is 2.06. The van der Waals surface area contributed by atoms with Gasteiger partial charge in [-0.15, -0.1) is 0 Å². The maximum Gasteiger partial charge on any atom is 0.243 e. The third-order valence-corrected chi connectivity index (χ3v) is 2.81. The molecule has 0 fully saturated rings. The van der Waals surface area contributed by atoms with Gasteiger partial charge in [0, 0.05) is 12.1 Å². The number of halogens is 1. The summed E-state index contributed by atoms with van der Waals surface area (Å²) in [6.45, 7) is 2.01. The average molecular weight is 280 g/mol. The van der Waals surface area contributed by atoms with Gasteiger partial charge >= 0.3 is 0 Å². The molecule has 0 unspecified atom stereocenters. The van der Waals surface area contributed by atoms with Gasteiger partial charge in [-0.05, 0) is 24.6 Å². The van der Waals surface area contributed by atoms with E-state index in [0.717, 1.165) is 25.7 Å². The number of anilines is 1. The first-order valence-electron chi connectivity index (χ1n) is 6.94. The first-order valence-corrected chi connectivity index (χ1v) is 6.94. The zero-order chi connectivity index (χ0) is 14.8. The molecule has 1 aromatic rings. The van der Waals surface area contributed by atoms with Crippen LogP contribution < -0.4 is 10.6 Å². The Labute approximate surface area is 118 Å². The first-order chi connectivity index (χ1) is 9.61. The molecule has 0 heterocycles. The Morgan fingerprint density at radius 3 is 2.65 bits per heavy atom. The van der Waals surface area contributed by atoms with Crippen molar-refractivity contribution in [2.45, 2.75) is 39.0 Å². The Hall–Kier alpha value is -1.91. The highest BCUT2D eigenvalue weighted by molar-refractivity contribution is 5.94. The molecular weight excluding hydrogens is 259 g/mol. The van der Waals surface area contributed by atoms with Crippen molar-refractivity contribution in [3.8, 4) is 0 Å². The van der Waals surface area contributed by atoms with E-state index in [1.807, 2.05) is 0 Å². The number of amides is 2. The van der Waals surface area contributed by atoms with Gasteiger partial charge in [0.1, 0.15) is 5.82 Å². The molecule has 1 rings (SSSR count). The van der Waals surface area contributed by atoms with E-state index >= 15 is 0 Å². The molecule has 0 aliphatic carbocycles. The van der Waals surface area contributed by atoms with Crippen LogP contribution in [0.1, 0.15) is 39.0 Å².